The minimum atomic E-state index is -0.525. The van der Waals surface area contributed by atoms with Gasteiger partial charge in [-0.1, -0.05) is 28.1 Å². The van der Waals surface area contributed by atoms with Gasteiger partial charge in [0.05, 0.1) is 33.9 Å². The number of ether oxygens (including phenoxy) is 2. The van der Waals surface area contributed by atoms with Crippen molar-refractivity contribution in [2.24, 2.45) is 0 Å². The SMILES string of the molecule is COC(=O)CN(CC(=O)OC)CC(=O)c1ccc(Br)cc1. The summed E-state index contributed by atoms with van der Waals surface area (Å²) in [5, 5.41) is 0. The molecule has 0 fully saturated rings. The van der Waals surface area contributed by atoms with Crippen LogP contribution < -0.4 is 0 Å². The van der Waals surface area contributed by atoms with Crippen molar-refractivity contribution in [3.63, 3.8) is 0 Å². The molecular formula is C14H16BrNO5. The first-order valence-corrected chi connectivity index (χ1v) is 6.90. The number of halogens is 1. The zero-order valence-electron chi connectivity index (χ0n) is 11.8. The summed E-state index contributed by atoms with van der Waals surface area (Å²) in [7, 11) is 2.49. The second-order valence-corrected chi connectivity index (χ2v) is 5.14. The summed E-state index contributed by atoms with van der Waals surface area (Å²) in [5.74, 6) is -1.25. The minimum Gasteiger partial charge on any atom is -0.468 e. The Balaban J connectivity index is 2.74. The summed E-state index contributed by atoms with van der Waals surface area (Å²) in [4.78, 5) is 36.2. The average molecular weight is 358 g/mol. The number of hydrogen-bond donors (Lipinski definition) is 0. The van der Waals surface area contributed by atoms with Gasteiger partial charge in [0.1, 0.15) is 0 Å². The molecule has 0 N–H and O–H groups in total. The van der Waals surface area contributed by atoms with Gasteiger partial charge in [0.25, 0.3) is 0 Å². The summed E-state index contributed by atoms with van der Waals surface area (Å²) in [6.07, 6.45) is 0. The molecule has 1 aromatic rings. The molecule has 0 radical (unpaired) electrons. The molecular weight excluding hydrogens is 342 g/mol. The van der Waals surface area contributed by atoms with Gasteiger partial charge >= 0.3 is 11.9 Å². The van der Waals surface area contributed by atoms with Crippen molar-refractivity contribution in [1.82, 2.24) is 4.90 Å². The van der Waals surface area contributed by atoms with E-state index in [9.17, 15) is 14.4 Å². The Labute approximate surface area is 131 Å². The number of ketones is 1. The van der Waals surface area contributed by atoms with Gasteiger partial charge in [-0.3, -0.25) is 19.3 Å². The molecule has 0 spiro atoms. The fraction of sp³-hybridized carbons (Fsp3) is 0.357. The fourth-order valence-corrected chi connectivity index (χ4v) is 1.86. The van der Waals surface area contributed by atoms with Crippen molar-refractivity contribution in [1.29, 1.82) is 0 Å². The lowest BCUT2D eigenvalue weighted by molar-refractivity contribution is -0.145. The van der Waals surface area contributed by atoms with Crippen LogP contribution in [-0.4, -0.2) is 56.5 Å². The van der Waals surface area contributed by atoms with Crippen LogP contribution in [0, 0.1) is 0 Å². The molecule has 7 heteroatoms. The van der Waals surface area contributed by atoms with Gasteiger partial charge in [0.2, 0.25) is 0 Å². The molecule has 21 heavy (non-hydrogen) atoms. The van der Waals surface area contributed by atoms with Crippen LogP contribution in [-0.2, 0) is 19.1 Å². The summed E-state index contributed by atoms with van der Waals surface area (Å²) in [6.45, 7) is -0.395. The Hall–Kier alpha value is -1.73. The Morgan fingerprint density at radius 3 is 1.86 bits per heavy atom. The third-order valence-electron chi connectivity index (χ3n) is 2.69. The Kier molecular flexibility index (Phi) is 7.04. The van der Waals surface area contributed by atoms with Crippen LogP contribution in [0.2, 0.25) is 0 Å². The van der Waals surface area contributed by atoms with E-state index in [2.05, 4.69) is 25.4 Å². The summed E-state index contributed by atoms with van der Waals surface area (Å²) in [6, 6.07) is 6.83. The molecule has 0 bridgehead atoms. The topological polar surface area (TPSA) is 72.9 Å². The molecule has 0 aliphatic carbocycles. The van der Waals surface area contributed by atoms with E-state index in [0.717, 1.165) is 4.47 Å². The molecule has 0 aliphatic heterocycles. The third-order valence-corrected chi connectivity index (χ3v) is 3.22. The lowest BCUT2D eigenvalue weighted by atomic mass is 10.1. The van der Waals surface area contributed by atoms with E-state index in [1.165, 1.54) is 19.1 Å². The molecule has 0 amide bonds. The maximum absolute atomic E-state index is 12.1. The van der Waals surface area contributed by atoms with Gasteiger partial charge in [0.15, 0.2) is 5.78 Å². The second-order valence-electron chi connectivity index (χ2n) is 4.23. The summed E-state index contributed by atoms with van der Waals surface area (Å²) < 4.78 is 9.96. The minimum absolute atomic E-state index is 0.0775. The molecule has 114 valence electrons. The number of esters is 2. The lowest BCUT2D eigenvalue weighted by Gasteiger charge is -2.18. The summed E-state index contributed by atoms with van der Waals surface area (Å²) >= 11 is 3.29. The largest absolute Gasteiger partial charge is 0.468 e. The van der Waals surface area contributed by atoms with Crippen LogP contribution in [0.3, 0.4) is 0 Å². The predicted molar refractivity (Wildman–Crippen MR) is 78.9 cm³/mol. The molecule has 0 aliphatic rings. The monoisotopic (exact) mass is 357 g/mol. The number of carbonyl (C=O) groups is 3. The fourth-order valence-electron chi connectivity index (χ4n) is 1.59. The summed E-state index contributed by atoms with van der Waals surface area (Å²) in [5.41, 5.74) is 0.498. The number of hydrogen-bond acceptors (Lipinski definition) is 6. The van der Waals surface area contributed by atoms with Crippen LogP contribution in [0.25, 0.3) is 0 Å². The number of Topliss-reactive ketones (excluding diaryl/α,β-unsaturated/α-hetero) is 1. The zero-order valence-corrected chi connectivity index (χ0v) is 13.4. The molecule has 0 aromatic heterocycles. The van der Waals surface area contributed by atoms with E-state index in [1.807, 2.05) is 0 Å². The van der Waals surface area contributed by atoms with Crippen LogP contribution in [0.15, 0.2) is 28.7 Å². The zero-order chi connectivity index (χ0) is 15.8. The van der Waals surface area contributed by atoms with E-state index in [-0.39, 0.29) is 25.4 Å². The third kappa shape index (κ3) is 6.05. The van der Waals surface area contributed by atoms with E-state index in [0.29, 0.717) is 5.56 Å². The number of rotatable bonds is 7. The van der Waals surface area contributed by atoms with Crippen LogP contribution in [0.5, 0.6) is 0 Å². The van der Waals surface area contributed by atoms with Crippen molar-refractivity contribution in [2.75, 3.05) is 33.9 Å². The highest BCUT2D eigenvalue weighted by molar-refractivity contribution is 9.10. The first-order chi connectivity index (χ1) is 9.96. The van der Waals surface area contributed by atoms with E-state index in [1.54, 1.807) is 24.3 Å². The number of carbonyl (C=O) groups excluding carboxylic acids is 3. The van der Waals surface area contributed by atoms with Crippen LogP contribution in [0.1, 0.15) is 10.4 Å². The maximum Gasteiger partial charge on any atom is 0.319 e. The van der Waals surface area contributed by atoms with Crippen molar-refractivity contribution < 1.29 is 23.9 Å². The highest BCUT2D eigenvalue weighted by Gasteiger charge is 2.19. The molecule has 0 saturated heterocycles. The van der Waals surface area contributed by atoms with Gasteiger partial charge in [-0.2, -0.15) is 0 Å². The van der Waals surface area contributed by atoms with E-state index in [4.69, 9.17) is 0 Å². The molecule has 1 rings (SSSR count). The van der Waals surface area contributed by atoms with Gasteiger partial charge < -0.3 is 9.47 Å². The number of methoxy groups -OCH3 is 2. The standard InChI is InChI=1S/C14H16BrNO5/c1-20-13(18)8-16(9-14(19)21-2)7-12(17)10-3-5-11(15)6-4-10/h3-6H,7-9H2,1-2H3. The highest BCUT2D eigenvalue weighted by atomic mass is 79.9. The van der Waals surface area contributed by atoms with Crippen molar-refractivity contribution in [3.8, 4) is 0 Å². The Morgan fingerprint density at radius 2 is 1.43 bits per heavy atom. The molecule has 0 saturated carbocycles. The average Bonchev–Trinajstić information content (AvgIpc) is 2.47. The van der Waals surface area contributed by atoms with Crippen molar-refractivity contribution in [3.05, 3.63) is 34.3 Å². The number of nitrogens with zero attached hydrogens (tertiary/aromatic N) is 1. The van der Waals surface area contributed by atoms with E-state index >= 15 is 0 Å². The van der Waals surface area contributed by atoms with Crippen molar-refractivity contribution >= 4 is 33.7 Å². The molecule has 0 unspecified atom stereocenters. The van der Waals surface area contributed by atoms with Gasteiger partial charge in [-0.25, -0.2) is 0 Å². The Morgan fingerprint density at radius 1 is 0.952 bits per heavy atom. The van der Waals surface area contributed by atoms with Gasteiger partial charge in [0, 0.05) is 10.0 Å². The van der Waals surface area contributed by atoms with Crippen LogP contribution >= 0.6 is 15.9 Å². The quantitative estimate of drug-likeness (QED) is 0.540. The molecule has 0 atom stereocenters. The first-order valence-electron chi connectivity index (χ1n) is 6.11. The van der Waals surface area contributed by atoms with Crippen molar-refractivity contribution in [2.45, 2.75) is 0 Å². The molecule has 0 heterocycles. The Bertz CT molecular complexity index is 497. The lowest BCUT2D eigenvalue weighted by Crippen LogP contribution is -2.39. The first kappa shape index (κ1) is 17.3. The molecule has 6 nitrogen and oxygen atoms in total. The number of benzene rings is 1. The van der Waals surface area contributed by atoms with Gasteiger partial charge in [-0.05, 0) is 12.1 Å². The predicted octanol–water partition coefficient (Wildman–Crippen LogP) is 1.28. The highest BCUT2D eigenvalue weighted by Crippen LogP contribution is 2.11. The normalized spacial score (nSPS) is 10.3. The van der Waals surface area contributed by atoms with E-state index < -0.39 is 11.9 Å². The van der Waals surface area contributed by atoms with Gasteiger partial charge in [-0.15, -0.1) is 0 Å². The maximum atomic E-state index is 12.1. The smallest absolute Gasteiger partial charge is 0.319 e. The second kappa shape index (κ2) is 8.53. The molecule has 1 aromatic carbocycles. The van der Waals surface area contributed by atoms with Crippen LogP contribution in [0.4, 0.5) is 0 Å².